The summed E-state index contributed by atoms with van der Waals surface area (Å²) in [5.41, 5.74) is 0.111. The number of hydrogen-bond donors (Lipinski definition) is 2. The lowest BCUT2D eigenvalue weighted by Gasteiger charge is -2.23. The highest BCUT2D eigenvalue weighted by molar-refractivity contribution is 7.14. The van der Waals surface area contributed by atoms with E-state index in [1.165, 1.54) is 4.88 Å². The standard InChI is InChI=1S/C15H22N2O2S/c1-11-4-5-13(19-11)14-17-9-12(20-14)8-16-10-15(2,3)6-7-18/h4-5,9,16,18H,6-8,10H2,1-3H3. The third-order valence-electron chi connectivity index (χ3n) is 3.20. The van der Waals surface area contributed by atoms with Crippen molar-refractivity contribution in [1.29, 1.82) is 0 Å². The van der Waals surface area contributed by atoms with Crippen molar-refractivity contribution in [2.45, 2.75) is 33.7 Å². The Bertz CT molecular complexity index is 546. The molecule has 2 N–H and O–H groups in total. The molecule has 0 saturated heterocycles. The van der Waals surface area contributed by atoms with Gasteiger partial charge in [-0.2, -0.15) is 0 Å². The second-order valence-electron chi connectivity index (χ2n) is 5.78. The van der Waals surface area contributed by atoms with Crippen LogP contribution in [0.5, 0.6) is 0 Å². The maximum absolute atomic E-state index is 9.00. The normalized spacial score (nSPS) is 12.0. The molecule has 0 aliphatic carbocycles. The lowest BCUT2D eigenvalue weighted by molar-refractivity contribution is 0.207. The highest BCUT2D eigenvalue weighted by Crippen LogP contribution is 2.27. The molecule has 0 fully saturated rings. The smallest absolute Gasteiger partial charge is 0.162 e. The fourth-order valence-corrected chi connectivity index (χ4v) is 2.81. The molecule has 2 rings (SSSR count). The minimum absolute atomic E-state index is 0.111. The minimum atomic E-state index is 0.111. The predicted octanol–water partition coefficient (Wildman–Crippen LogP) is 3.21. The second kappa shape index (κ2) is 6.52. The summed E-state index contributed by atoms with van der Waals surface area (Å²) in [6.07, 6.45) is 2.70. The summed E-state index contributed by atoms with van der Waals surface area (Å²) < 4.78 is 5.57. The van der Waals surface area contributed by atoms with Crippen LogP contribution in [0.15, 0.2) is 22.7 Å². The zero-order valence-corrected chi connectivity index (χ0v) is 13.1. The number of furan rings is 1. The van der Waals surface area contributed by atoms with Gasteiger partial charge in [0.25, 0.3) is 0 Å². The van der Waals surface area contributed by atoms with E-state index in [1.807, 2.05) is 25.3 Å². The lowest BCUT2D eigenvalue weighted by Crippen LogP contribution is -2.29. The third-order valence-corrected chi connectivity index (χ3v) is 4.21. The highest BCUT2D eigenvalue weighted by Gasteiger charge is 2.16. The van der Waals surface area contributed by atoms with Gasteiger partial charge in [0.2, 0.25) is 0 Å². The van der Waals surface area contributed by atoms with Crippen molar-refractivity contribution in [1.82, 2.24) is 10.3 Å². The molecule has 2 heterocycles. The van der Waals surface area contributed by atoms with Crippen LogP contribution in [-0.4, -0.2) is 23.2 Å². The number of rotatable bonds is 7. The van der Waals surface area contributed by atoms with Crippen LogP contribution < -0.4 is 5.32 Å². The van der Waals surface area contributed by atoms with E-state index in [1.54, 1.807) is 11.3 Å². The SMILES string of the molecule is Cc1ccc(-c2ncc(CNCC(C)(C)CCO)s2)o1. The van der Waals surface area contributed by atoms with Crippen LogP contribution in [-0.2, 0) is 6.54 Å². The van der Waals surface area contributed by atoms with Crippen LogP contribution >= 0.6 is 11.3 Å². The molecule has 20 heavy (non-hydrogen) atoms. The number of aromatic nitrogens is 1. The first-order valence-corrected chi connectivity index (χ1v) is 7.65. The first kappa shape index (κ1) is 15.2. The summed E-state index contributed by atoms with van der Waals surface area (Å²) in [7, 11) is 0. The molecule has 0 amide bonds. The molecule has 2 aromatic rings. The summed E-state index contributed by atoms with van der Waals surface area (Å²) in [5, 5.41) is 13.3. The molecule has 2 aromatic heterocycles. The summed E-state index contributed by atoms with van der Waals surface area (Å²) >= 11 is 1.65. The molecular formula is C15H22N2O2S. The van der Waals surface area contributed by atoms with Crippen LogP contribution in [0.1, 0.15) is 30.9 Å². The predicted molar refractivity (Wildman–Crippen MR) is 81.7 cm³/mol. The Hall–Kier alpha value is -1.17. The molecule has 110 valence electrons. The zero-order valence-electron chi connectivity index (χ0n) is 12.3. The third kappa shape index (κ3) is 4.16. The van der Waals surface area contributed by atoms with E-state index < -0.39 is 0 Å². The molecule has 0 radical (unpaired) electrons. The molecule has 4 nitrogen and oxygen atoms in total. The van der Waals surface area contributed by atoms with Crippen molar-refractivity contribution in [2.75, 3.05) is 13.2 Å². The zero-order chi connectivity index (χ0) is 14.6. The Morgan fingerprint density at radius 3 is 2.85 bits per heavy atom. The van der Waals surface area contributed by atoms with Gasteiger partial charge in [-0.3, -0.25) is 0 Å². The van der Waals surface area contributed by atoms with Crippen molar-refractivity contribution in [3.63, 3.8) is 0 Å². The van der Waals surface area contributed by atoms with Gasteiger partial charge in [-0.15, -0.1) is 11.3 Å². The monoisotopic (exact) mass is 294 g/mol. The maximum Gasteiger partial charge on any atom is 0.162 e. The van der Waals surface area contributed by atoms with E-state index in [2.05, 4.69) is 24.1 Å². The Morgan fingerprint density at radius 2 is 2.20 bits per heavy atom. The van der Waals surface area contributed by atoms with Crippen LogP contribution in [0, 0.1) is 12.3 Å². The molecule has 0 aliphatic rings. The molecule has 0 aliphatic heterocycles. The van der Waals surface area contributed by atoms with Crippen LogP contribution in [0.25, 0.3) is 10.8 Å². The number of aliphatic hydroxyl groups is 1. The first-order valence-electron chi connectivity index (χ1n) is 6.83. The van der Waals surface area contributed by atoms with Crippen LogP contribution in [0.4, 0.5) is 0 Å². The van der Waals surface area contributed by atoms with Gasteiger partial charge < -0.3 is 14.8 Å². The number of hydrogen-bond acceptors (Lipinski definition) is 5. The van der Waals surface area contributed by atoms with Crippen molar-refractivity contribution in [3.8, 4) is 10.8 Å². The Balaban J connectivity index is 1.87. The van der Waals surface area contributed by atoms with Gasteiger partial charge in [0.1, 0.15) is 5.76 Å². The van der Waals surface area contributed by atoms with Gasteiger partial charge in [0.15, 0.2) is 10.8 Å². The molecule has 0 unspecified atom stereocenters. The molecule has 0 spiro atoms. The Morgan fingerprint density at radius 1 is 1.40 bits per heavy atom. The molecule has 0 aromatic carbocycles. The number of nitrogens with zero attached hydrogens (tertiary/aromatic N) is 1. The second-order valence-corrected chi connectivity index (χ2v) is 6.90. The minimum Gasteiger partial charge on any atom is -0.459 e. The van der Waals surface area contributed by atoms with Gasteiger partial charge >= 0.3 is 0 Å². The lowest BCUT2D eigenvalue weighted by atomic mass is 9.90. The van der Waals surface area contributed by atoms with Gasteiger partial charge in [-0.1, -0.05) is 13.8 Å². The number of nitrogens with one attached hydrogen (secondary N) is 1. The first-order chi connectivity index (χ1) is 9.50. The topological polar surface area (TPSA) is 58.3 Å². The van der Waals surface area contributed by atoms with Gasteiger partial charge in [0, 0.05) is 30.8 Å². The molecule has 0 saturated carbocycles. The maximum atomic E-state index is 9.00. The quantitative estimate of drug-likeness (QED) is 0.823. The highest BCUT2D eigenvalue weighted by atomic mass is 32.1. The van der Waals surface area contributed by atoms with Crippen molar-refractivity contribution < 1.29 is 9.52 Å². The summed E-state index contributed by atoms with van der Waals surface area (Å²) in [5.74, 6) is 1.74. The van der Waals surface area contributed by atoms with Gasteiger partial charge in [-0.05, 0) is 30.9 Å². The molecule has 0 bridgehead atoms. The average molecular weight is 294 g/mol. The van der Waals surface area contributed by atoms with Gasteiger partial charge in [-0.25, -0.2) is 4.98 Å². The van der Waals surface area contributed by atoms with E-state index in [4.69, 9.17) is 9.52 Å². The Kier molecular flexibility index (Phi) is 4.96. The number of aryl methyl sites for hydroxylation is 1. The summed E-state index contributed by atoms with van der Waals surface area (Å²) in [6.45, 7) is 8.15. The van der Waals surface area contributed by atoms with Crippen molar-refractivity contribution in [3.05, 3.63) is 29.0 Å². The van der Waals surface area contributed by atoms with Gasteiger partial charge in [0.05, 0.1) is 0 Å². The van der Waals surface area contributed by atoms with Crippen LogP contribution in [0.2, 0.25) is 0 Å². The molecule has 5 heteroatoms. The number of thiazole rings is 1. The Labute approximate surface area is 123 Å². The largest absolute Gasteiger partial charge is 0.459 e. The number of aliphatic hydroxyl groups excluding tert-OH is 1. The summed E-state index contributed by atoms with van der Waals surface area (Å²) in [4.78, 5) is 5.58. The van der Waals surface area contributed by atoms with E-state index in [0.717, 1.165) is 36.0 Å². The van der Waals surface area contributed by atoms with E-state index in [-0.39, 0.29) is 12.0 Å². The average Bonchev–Trinajstić information content (AvgIpc) is 2.97. The van der Waals surface area contributed by atoms with Crippen molar-refractivity contribution >= 4 is 11.3 Å². The van der Waals surface area contributed by atoms with Crippen LogP contribution in [0.3, 0.4) is 0 Å². The summed E-state index contributed by atoms with van der Waals surface area (Å²) in [6, 6.07) is 3.90. The molecule has 0 atom stereocenters. The molecular weight excluding hydrogens is 272 g/mol. The van der Waals surface area contributed by atoms with E-state index in [0.29, 0.717) is 0 Å². The van der Waals surface area contributed by atoms with Crippen molar-refractivity contribution in [2.24, 2.45) is 5.41 Å². The fraction of sp³-hybridized carbons (Fsp3) is 0.533. The fourth-order valence-electron chi connectivity index (χ4n) is 1.97. The van der Waals surface area contributed by atoms with E-state index >= 15 is 0 Å². The van der Waals surface area contributed by atoms with E-state index in [9.17, 15) is 0 Å².